The highest BCUT2D eigenvalue weighted by molar-refractivity contribution is 5.99. The maximum absolute atomic E-state index is 11.7. The van der Waals surface area contributed by atoms with Crippen LogP contribution in [-0.2, 0) is 4.79 Å². The second-order valence-corrected chi connectivity index (χ2v) is 4.85. The van der Waals surface area contributed by atoms with Crippen LogP contribution in [0.2, 0.25) is 0 Å². The zero-order valence-corrected chi connectivity index (χ0v) is 13.0. The summed E-state index contributed by atoms with van der Waals surface area (Å²) in [5.74, 6) is 0.101. The average Bonchev–Trinajstić information content (AvgIpc) is 2.64. The molecule has 2 rings (SSSR count). The van der Waals surface area contributed by atoms with Gasteiger partial charge in [-0.2, -0.15) is 15.6 Å². The standard InChI is InChI=1S/C18H14N4O2/c1-13(16-6-2-14(10-19)3-7-16)21-22-18(23)12-24-17-8-4-15(11-20)5-9-17/h2-9H,12H2,1H3,(H,22,23)/b21-13+. The number of hydrogen-bond acceptors (Lipinski definition) is 5. The Balaban J connectivity index is 1.87. The lowest BCUT2D eigenvalue weighted by Gasteiger charge is -2.06. The third kappa shape index (κ3) is 4.69. The van der Waals surface area contributed by atoms with Crippen molar-refractivity contribution in [1.82, 2.24) is 5.43 Å². The van der Waals surface area contributed by atoms with E-state index in [9.17, 15) is 4.79 Å². The van der Waals surface area contributed by atoms with Crippen LogP contribution in [0.4, 0.5) is 0 Å². The first-order valence-electron chi connectivity index (χ1n) is 7.09. The normalized spacial score (nSPS) is 10.4. The van der Waals surface area contributed by atoms with Gasteiger partial charge in [0.1, 0.15) is 5.75 Å². The summed E-state index contributed by atoms with van der Waals surface area (Å²) in [5.41, 5.74) is 4.92. The summed E-state index contributed by atoms with van der Waals surface area (Å²) in [7, 11) is 0. The lowest BCUT2D eigenvalue weighted by molar-refractivity contribution is -0.123. The Morgan fingerprint density at radius 1 is 1.04 bits per heavy atom. The minimum atomic E-state index is -0.396. The van der Waals surface area contributed by atoms with Crippen molar-refractivity contribution in [3.8, 4) is 17.9 Å². The van der Waals surface area contributed by atoms with Crippen molar-refractivity contribution in [1.29, 1.82) is 10.5 Å². The van der Waals surface area contributed by atoms with E-state index in [2.05, 4.69) is 10.5 Å². The number of nitriles is 2. The number of hydrazone groups is 1. The SMILES string of the molecule is C/C(=N\NC(=O)COc1ccc(C#N)cc1)c1ccc(C#N)cc1. The van der Waals surface area contributed by atoms with Gasteiger partial charge < -0.3 is 4.74 Å². The first-order valence-corrected chi connectivity index (χ1v) is 7.09. The van der Waals surface area contributed by atoms with E-state index in [1.54, 1.807) is 55.5 Å². The molecular formula is C18H14N4O2. The molecule has 0 atom stereocenters. The van der Waals surface area contributed by atoms with Crippen LogP contribution in [-0.4, -0.2) is 18.2 Å². The zero-order chi connectivity index (χ0) is 17.4. The van der Waals surface area contributed by atoms with Crippen molar-refractivity contribution < 1.29 is 9.53 Å². The quantitative estimate of drug-likeness (QED) is 0.675. The molecular weight excluding hydrogens is 304 g/mol. The topological polar surface area (TPSA) is 98.3 Å². The molecule has 0 aliphatic rings. The molecule has 0 spiro atoms. The van der Waals surface area contributed by atoms with E-state index in [0.717, 1.165) is 5.56 Å². The lowest BCUT2D eigenvalue weighted by atomic mass is 10.1. The molecule has 1 amide bonds. The first kappa shape index (κ1) is 16.7. The summed E-state index contributed by atoms with van der Waals surface area (Å²) in [6.45, 7) is 1.57. The van der Waals surface area contributed by atoms with Gasteiger partial charge in [0, 0.05) is 0 Å². The van der Waals surface area contributed by atoms with Gasteiger partial charge in [0.05, 0.1) is 29.0 Å². The number of ether oxygens (including phenoxy) is 1. The maximum atomic E-state index is 11.7. The molecule has 0 fully saturated rings. The summed E-state index contributed by atoms with van der Waals surface area (Å²) in [5, 5.41) is 21.5. The average molecular weight is 318 g/mol. The van der Waals surface area contributed by atoms with Crippen molar-refractivity contribution in [3.05, 3.63) is 65.2 Å². The summed E-state index contributed by atoms with van der Waals surface area (Å²) in [6, 6.07) is 17.4. The lowest BCUT2D eigenvalue weighted by Crippen LogP contribution is -2.25. The summed E-state index contributed by atoms with van der Waals surface area (Å²) < 4.78 is 5.31. The number of nitrogens with zero attached hydrogens (tertiary/aromatic N) is 3. The van der Waals surface area contributed by atoms with Crippen LogP contribution in [0.1, 0.15) is 23.6 Å². The minimum absolute atomic E-state index is 0.184. The molecule has 0 bridgehead atoms. The number of benzene rings is 2. The maximum Gasteiger partial charge on any atom is 0.277 e. The Morgan fingerprint density at radius 2 is 1.58 bits per heavy atom. The van der Waals surface area contributed by atoms with E-state index in [-0.39, 0.29) is 6.61 Å². The van der Waals surface area contributed by atoms with Crippen LogP contribution in [0.5, 0.6) is 5.75 Å². The molecule has 0 aliphatic heterocycles. The molecule has 6 heteroatoms. The van der Waals surface area contributed by atoms with Gasteiger partial charge >= 0.3 is 0 Å². The van der Waals surface area contributed by atoms with Crippen LogP contribution in [0.25, 0.3) is 0 Å². The number of amides is 1. The molecule has 0 unspecified atom stereocenters. The fourth-order valence-corrected chi connectivity index (χ4v) is 1.80. The van der Waals surface area contributed by atoms with Crippen molar-refractivity contribution in [2.75, 3.05) is 6.61 Å². The summed E-state index contributed by atoms with van der Waals surface area (Å²) >= 11 is 0. The Morgan fingerprint density at radius 3 is 2.12 bits per heavy atom. The second-order valence-electron chi connectivity index (χ2n) is 4.85. The minimum Gasteiger partial charge on any atom is -0.484 e. The molecule has 6 nitrogen and oxygen atoms in total. The van der Waals surface area contributed by atoms with E-state index >= 15 is 0 Å². The van der Waals surface area contributed by atoms with Gasteiger partial charge in [-0.05, 0) is 48.9 Å². The second kappa shape index (κ2) is 8.11. The van der Waals surface area contributed by atoms with E-state index in [4.69, 9.17) is 15.3 Å². The largest absolute Gasteiger partial charge is 0.484 e. The van der Waals surface area contributed by atoms with E-state index in [1.165, 1.54) is 0 Å². The van der Waals surface area contributed by atoms with Gasteiger partial charge in [0.15, 0.2) is 6.61 Å². The summed E-state index contributed by atoms with van der Waals surface area (Å²) in [4.78, 5) is 11.7. The number of hydrogen-bond donors (Lipinski definition) is 1. The van der Waals surface area contributed by atoms with E-state index < -0.39 is 5.91 Å². The van der Waals surface area contributed by atoms with Crippen LogP contribution in [0.3, 0.4) is 0 Å². The number of rotatable bonds is 5. The van der Waals surface area contributed by atoms with Gasteiger partial charge in [0.25, 0.3) is 5.91 Å². The monoisotopic (exact) mass is 318 g/mol. The molecule has 0 radical (unpaired) electrons. The van der Waals surface area contributed by atoms with Crippen LogP contribution in [0.15, 0.2) is 53.6 Å². The fraction of sp³-hybridized carbons (Fsp3) is 0.111. The van der Waals surface area contributed by atoms with Crippen molar-refractivity contribution >= 4 is 11.6 Å². The Labute approximate surface area is 139 Å². The fourth-order valence-electron chi connectivity index (χ4n) is 1.80. The predicted octanol–water partition coefficient (Wildman–Crippen LogP) is 2.35. The molecule has 0 heterocycles. The Kier molecular flexibility index (Phi) is 5.65. The van der Waals surface area contributed by atoms with E-state index in [1.807, 2.05) is 12.1 Å². The molecule has 0 aliphatic carbocycles. The van der Waals surface area contributed by atoms with Gasteiger partial charge in [0.2, 0.25) is 0 Å². The molecule has 2 aromatic carbocycles. The Bertz CT molecular complexity index is 825. The van der Waals surface area contributed by atoms with E-state index in [0.29, 0.717) is 22.6 Å². The number of carbonyl (C=O) groups excluding carboxylic acids is 1. The molecule has 2 aromatic rings. The van der Waals surface area contributed by atoms with Crippen LogP contribution in [0, 0.1) is 22.7 Å². The van der Waals surface area contributed by atoms with Gasteiger partial charge in [-0.3, -0.25) is 4.79 Å². The highest BCUT2D eigenvalue weighted by atomic mass is 16.5. The smallest absolute Gasteiger partial charge is 0.277 e. The van der Waals surface area contributed by atoms with Gasteiger partial charge in [-0.15, -0.1) is 0 Å². The molecule has 0 saturated carbocycles. The number of nitrogens with one attached hydrogen (secondary N) is 1. The van der Waals surface area contributed by atoms with Crippen molar-refractivity contribution in [3.63, 3.8) is 0 Å². The Hall–Kier alpha value is -3.64. The van der Waals surface area contributed by atoms with Crippen LogP contribution >= 0.6 is 0 Å². The highest BCUT2D eigenvalue weighted by Crippen LogP contribution is 2.11. The molecule has 0 aromatic heterocycles. The predicted molar refractivity (Wildman–Crippen MR) is 88.2 cm³/mol. The highest BCUT2D eigenvalue weighted by Gasteiger charge is 2.03. The summed E-state index contributed by atoms with van der Waals surface area (Å²) in [6.07, 6.45) is 0. The van der Waals surface area contributed by atoms with Crippen molar-refractivity contribution in [2.24, 2.45) is 5.10 Å². The molecule has 0 saturated heterocycles. The molecule has 24 heavy (non-hydrogen) atoms. The number of carbonyl (C=O) groups is 1. The van der Waals surface area contributed by atoms with Crippen molar-refractivity contribution in [2.45, 2.75) is 6.92 Å². The zero-order valence-electron chi connectivity index (χ0n) is 13.0. The molecule has 118 valence electrons. The van der Waals surface area contributed by atoms with Gasteiger partial charge in [-0.25, -0.2) is 5.43 Å². The van der Waals surface area contributed by atoms with Gasteiger partial charge in [-0.1, -0.05) is 12.1 Å². The third-order valence-electron chi connectivity index (χ3n) is 3.13. The van der Waals surface area contributed by atoms with Crippen LogP contribution < -0.4 is 10.2 Å². The first-order chi connectivity index (χ1) is 11.6. The molecule has 1 N–H and O–H groups in total. The third-order valence-corrected chi connectivity index (χ3v) is 3.13.